The van der Waals surface area contributed by atoms with Crippen molar-refractivity contribution in [3.05, 3.63) is 64.0 Å². The number of rotatable bonds is 5. The van der Waals surface area contributed by atoms with Gasteiger partial charge in [0.2, 0.25) is 0 Å². The highest BCUT2D eigenvalue weighted by atomic mass is 32.1. The summed E-state index contributed by atoms with van der Waals surface area (Å²) in [5.41, 5.74) is 5.32. The summed E-state index contributed by atoms with van der Waals surface area (Å²) in [5, 5.41) is 3.07. The van der Waals surface area contributed by atoms with E-state index in [1.54, 1.807) is 34.4 Å². The lowest BCUT2D eigenvalue weighted by Gasteiger charge is -2.18. The van der Waals surface area contributed by atoms with Crippen molar-refractivity contribution in [3.63, 3.8) is 0 Å². The molecular formula is C23H23N3O3S. The minimum Gasteiger partial charge on any atom is -0.452 e. The predicted molar refractivity (Wildman–Crippen MR) is 119 cm³/mol. The number of esters is 1. The highest BCUT2D eigenvalue weighted by Crippen LogP contribution is 2.32. The molecule has 6 nitrogen and oxygen atoms in total. The molecule has 7 heteroatoms. The van der Waals surface area contributed by atoms with Crippen molar-refractivity contribution in [1.29, 1.82) is 0 Å². The lowest BCUT2D eigenvalue weighted by Crippen LogP contribution is -2.33. The Balaban J connectivity index is 1.42. The molecule has 1 aliphatic heterocycles. The van der Waals surface area contributed by atoms with E-state index in [4.69, 9.17) is 4.74 Å². The van der Waals surface area contributed by atoms with Gasteiger partial charge in [-0.1, -0.05) is 12.1 Å². The molecule has 0 bridgehead atoms. The van der Waals surface area contributed by atoms with Crippen molar-refractivity contribution in [3.8, 4) is 11.3 Å². The van der Waals surface area contributed by atoms with Gasteiger partial charge in [-0.05, 0) is 49.2 Å². The van der Waals surface area contributed by atoms with Crippen LogP contribution >= 0.6 is 11.3 Å². The highest BCUT2D eigenvalue weighted by molar-refractivity contribution is 7.09. The third-order valence-corrected chi connectivity index (χ3v) is 5.89. The maximum Gasteiger partial charge on any atom is 0.338 e. The average Bonchev–Trinajstić information content (AvgIpc) is 3.37. The van der Waals surface area contributed by atoms with Crippen LogP contribution in [0.2, 0.25) is 0 Å². The Bertz CT molecular complexity index is 1110. The number of hydrogen-bond donors (Lipinski definition) is 0. The van der Waals surface area contributed by atoms with Gasteiger partial charge in [-0.3, -0.25) is 4.79 Å². The second kappa shape index (κ2) is 8.28. The zero-order valence-corrected chi connectivity index (χ0v) is 18.0. The van der Waals surface area contributed by atoms with Crippen molar-refractivity contribution in [2.75, 3.05) is 37.0 Å². The van der Waals surface area contributed by atoms with Gasteiger partial charge in [0.15, 0.2) is 6.61 Å². The molecule has 1 aliphatic rings. The molecule has 0 fully saturated rings. The van der Waals surface area contributed by atoms with Gasteiger partial charge in [-0.15, -0.1) is 11.3 Å². The lowest BCUT2D eigenvalue weighted by molar-refractivity contribution is -0.121. The number of anilines is 2. The van der Waals surface area contributed by atoms with Crippen LogP contribution < -0.4 is 9.80 Å². The fraction of sp³-hybridized carbons (Fsp3) is 0.261. The van der Waals surface area contributed by atoms with Crippen molar-refractivity contribution in [2.45, 2.75) is 13.3 Å². The van der Waals surface area contributed by atoms with E-state index in [-0.39, 0.29) is 12.5 Å². The molecule has 4 rings (SSSR count). The number of aromatic nitrogens is 1. The van der Waals surface area contributed by atoms with E-state index in [1.165, 1.54) is 0 Å². The minimum absolute atomic E-state index is 0.219. The number of aryl methyl sites for hydroxylation is 1. The van der Waals surface area contributed by atoms with Crippen molar-refractivity contribution < 1.29 is 14.3 Å². The lowest BCUT2D eigenvalue weighted by atomic mass is 10.1. The minimum atomic E-state index is -0.499. The largest absolute Gasteiger partial charge is 0.452 e. The number of fused-ring (bicyclic) bond motifs is 1. The Morgan fingerprint density at radius 3 is 2.77 bits per heavy atom. The normalized spacial score (nSPS) is 12.6. The van der Waals surface area contributed by atoms with Crippen LogP contribution in [-0.4, -0.2) is 44.1 Å². The predicted octanol–water partition coefficient (Wildman–Crippen LogP) is 3.93. The summed E-state index contributed by atoms with van der Waals surface area (Å²) in [5.74, 6) is -0.719. The monoisotopic (exact) mass is 421 g/mol. The van der Waals surface area contributed by atoms with Crippen molar-refractivity contribution in [1.82, 2.24) is 4.98 Å². The maximum atomic E-state index is 12.7. The molecule has 2 aromatic carbocycles. The fourth-order valence-corrected chi connectivity index (χ4v) is 4.14. The number of carbonyl (C=O) groups is 2. The fourth-order valence-electron chi connectivity index (χ4n) is 3.52. The van der Waals surface area contributed by atoms with Crippen LogP contribution in [0.1, 0.15) is 20.9 Å². The molecule has 3 aromatic rings. The highest BCUT2D eigenvalue weighted by Gasteiger charge is 2.26. The van der Waals surface area contributed by atoms with Gasteiger partial charge in [0.1, 0.15) is 0 Å². The van der Waals surface area contributed by atoms with E-state index >= 15 is 0 Å². The van der Waals surface area contributed by atoms with Gasteiger partial charge in [0, 0.05) is 43.0 Å². The number of nitrogens with zero attached hydrogens (tertiary/aromatic N) is 3. The van der Waals surface area contributed by atoms with E-state index < -0.39 is 5.97 Å². The Morgan fingerprint density at radius 2 is 2.03 bits per heavy atom. The van der Waals surface area contributed by atoms with Gasteiger partial charge in [0.25, 0.3) is 5.91 Å². The first-order valence-corrected chi connectivity index (χ1v) is 10.6. The summed E-state index contributed by atoms with van der Waals surface area (Å²) in [7, 11) is 3.81. The molecule has 0 unspecified atom stereocenters. The van der Waals surface area contributed by atoms with Crippen LogP contribution in [-0.2, 0) is 16.0 Å². The molecule has 0 saturated heterocycles. The van der Waals surface area contributed by atoms with Crippen LogP contribution in [0.5, 0.6) is 0 Å². The summed E-state index contributed by atoms with van der Waals surface area (Å²) in [6, 6.07) is 13.2. The molecule has 30 heavy (non-hydrogen) atoms. The van der Waals surface area contributed by atoms with E-state index in [0.717, 1.165) is 39.6 Å². The Kier molecular flexibility index (Phi) is 5.55. The Hall–Kier alpha value is -3.19. The van der Waals surface area contributed by atoms with E-state index in [0.29, 0.717) is 12.1 Å². The van der Waals surface area contributed by atoms with Gasteiger partial charge < -0.3 is 14.5 Å². The first-order chi connectivity index (χ1) is 14.4. The second-order valence-electron chi connectivity index (χ2n) is 7.41. The van der Waals surface area contributed by atoms with Crippen LogP contribution in [0, 0.1) is 6.92 Å². The van der Waals surface area contributed by atoms with Gasteiger partial charge in [0.05, 0.1) is 16.3 Å². The first kappa shape index (κ1) is 20.1. The average molecular weight is 422 g/mol. The number of hydrogen-bond acceptors (Lipinski definition) is 6. The van der Waals surface area contributed by atoms with Crippen LogP contribution in [0.25, 0.3) is 11.3 Å². The second-order valence-corrected chi connectivity index (χ2v) is 8.47. The smallest absolute Gasteiger partial charge is 0.338 e. The Labute approximate surface area is 179 Å². The van der Waals surface area contributed by atoms with Gasteiger partial charge in [-0.25, -0.2) is 9.78 Å². The maximum absolute atomic E-state index is 12.7. The third-order valence-electron chi connectivity index (χ3n) is 5.12. The molecule has 0 radical (unpaired) electrons. The number of benzene rings is 2. The molecule has 0 aliphatic carbocycles. The number of ether oxygens (including phenoxy) is 1. The molecule has 0 spiro atoms. The number of amides is 1. The zero-order chi connectivity index (χ0) is 21.3. The van der Waals surface area contributed by atoms with Gasteiger partial charge >= 0.3 is 5.97 Å². The zero-order valence-electron chi connectivity index (χ0n) is 17.2. The third kappa shape index (κ3) is 4.07. The molecule has 1 aromatic heterocycles. The summed E-state index contributed by atoms with van der Waals surface area (Å²) >= 11 is 1.62. The standard InChI is InChI=1S/C23H23N3O3S/c1-15-24-20(14-30-15)16-7-8-21-17(11-16)9-10-26(21)22(27)13-29-23(28)18-5-4-6-19(12-18)25(2)3/h4-8,11-12,14H,9-10,13H2,1-3H3. The van der Waals surface area contributed by atoms with E-state index in [9.17, 15) is 9.59 Å². The topological polar surface area (TPSA) is 62.7 Å². The van der Waals surface area contributed by atoms with E-state index in [1.807, 2.05) is 49.5 Å². The molecular weight excluding hydrogens is 398 g/mol. The molecule has 2 heterocycles. The molecule has 154 valence electrons. The van der Waals surface area contributed by atoms with Crippen LogP contribution in [0.4, 0.5) is 11.4 Å². The number of carbonyl (C=O) groups excluding carboxylic acids is 2. The van der Waals surface area contributed by atoms with Crippen LogP contribution in [0.3, 0.4) is 0 Å². The summed E-state index contributed by atoms with van der Waals surface area (Å²) in [6.07, 6.45) is 0.775. The molecule has 1 amide bonds. The van der Waals surface area contributed by atoms with Crippen LogP contribution in [0.15, 0.2) is 47.8 Å². The summed E-state index contributed by atoms with van der Waals surface area (Å²) in [6.45, 7) is 2.29. The summed E-state index contributed by atoms with van der Waals surface area (Å²) in [4.78, 5) is 33.2. The number of thiazole rings is 1. The van der Waals surface area contributed by atoms with E-state index in [2.05, 4.69) is 11.1 Å². The van der Waals surface area contributed by atoms with Crippen molar-refractivity contribution >= 4 is 34.6 Å². The molecule has 0 atom stereocenters. The van der Waals surface area contributed by atoms with Crippen molar-refractivity contribution in [2.24, 2.45) is 0 Å². The Morgan fingerprint density at radius 1 is 1.20 bits per heavy atom. The molecule has 0 saturated carbocycles. The SMILES string of the molecule is Cc1nc(-c2ccc3c(c2)CCN3C(=O)COC(=O)c2cccc(N(C)C)c2)cs1. The summed E-state index contributed by atoms with van der Waals surface area (Å²) < 4.78 is 5.29. The molecule has 0 N–H and O–H groups in total. The quantitative estimate of drug-likeness (QED) is 0.584. The first-order valence-electron chi connectivity index (χ1n) is 9.72. The van der Waals surface area contributed by atoms with Gasteiger partial charge in [-0.2, -0.15) is 0 Å².